The zero-order valence-electron chi connectivity index (χ0n) is 71.1. The molecular weight excluding hydrogens is 1670 g/mol. The predicted octanol–water partition coefficient (Wildman–Crippen LogP) is 29.8. The van der Waals surface area contributed by atoms with E-state index in [0.717, 1.165) is 11.4 Å². The van der Waals surface area contributed by atoms with Gasteiger partial charge in [-0.1, -0.05) is 41.3 Å². The topological polar surface area (TPSA) is 354 Å². The lowest BCUT2D eigenvalue weighted by Gasteiger charge is -2.13. The summed E-state index contributed by atoms with van der Waals surface area (Å²) < 4.78 is 71.3. The Bertz CT molecular complexity index is 6630. The molecule has 0 saturated heterocycles. The van der Waals surface area contributed by atoms with E-state index in [-0.39, 0.29) is 0 Å². The van der Waals surface area contributed by atoms with Crippen LogP contribution in [-0.4, -0.2) is 4.86 Å². The molecule has 18 aromatic rings. The van der Waals surface area contributed by atoms with Crippen molar-refractivity contribution in [2.75, 3.05) is 45.3 Å². The van der Waals surface area contributed by atoms with Gasteiger partial charge in [0.15, 0.2) is 0 Å². The van der Waals surface area contributed by atoms with Crippen molar-refractivity contribution in [1.82, 2.24) is 0 Å². The van der Waals surface area contributed by atoms with Crippen LogP contribution in [0, 0.1) is 5.21 Å². The minimum atomic E-state index is 0.348. The summed E-state index contributed by atoms with van der Waals surface area (Å²) in [7, 11) is 0. The highest BCUT2D eigenvalue weighted by atomic mass is 16.5. The number of ether oxygens (including phenoxy) is 12. The first kappa shape index (κ1) is 87.4. The third kappa shape index (κ3) is 27.0. The number of nitrogen functional groups attached to an aromatic ring is 6. The number of nitrogens with zero attached hydrogens (tertiary/aromatic N) is 4. The molecule has 18 aromatic carbocycles. The molecule has 0 spiro atoms. The Kier molecular flexibility index (Phi) is 28.4. The van der Waals surface area contributed by atoms with Gasteiger partial charge in [-0.2, -0.15) is 10.2 Å². The number of benzene rings is 18. The van der Waals surface area contributed by atoms with Crippen molar-refractivity contribution in [3.8, 4) is 138 Å². The largest absolute Gasteiger partial charge is 0.594 e. The van der Waals surface area contributed by atoms with Crippen LogP contribution < -0.4 is 102 Å². The normalized spacial score (nSPS) is 10.8. The average molecular weight is 1760 g/mol. The molecule has 0 amide bonds. The van der Waals surface area contributed by atoms with E-state index in [1.807, 2.05) is 279 Å². The molecule has 0 aliphatic rings. The van der Waals surface area contributed by atoms with Crippen molar-refractivity contribution >= 4 is 68.2 Å². The smallest absolute Gasteiger partial charge is 0.245 e. The fourth-order valence-corrected chi connectivity index (χ4v) is 12.5. The first-order chi connectivity index (χ1) is 65.0. The zero-order valence-corrected chi connectivity index (χ0v) is 71.1. The van der Waals surface area contributed by atoms with Gasteiger partial charge in [-0.05, 0) is 352 Å². The SMILES string of the molecule is Nc1ccc(Oc2cccc(Oc3ccc(N=Nc4ccc(Oc5cccc(Oc6ccc(N)cc6)c5)cc4)cc3)c2)cc1.Nc1ccc(Oc2cccc(Oc3ccc(N=[N+]([O-])c4ccc(Oc5cccc(Oc6ccc(N)cc6)c5)cc4)cc3)c2)cc1.Nc1ccc(Oc2cccc(Oc3ccc(NNc4ccc(Oc5cccc(Oc6ccc(N)cc6)c5)cc4)cc3)c2)cc1. The molecule has 25 heteroatoms. The van der Waals surface area contributed by atoms with Gasteiger partial charge in [-0.15, -0.1) is 0 Å². The molecule has 0 aliphatic heterocycles. The van der Waals surface area contributed by atoms with Crippen LogP contribution in [0.15, 0.2) is 452 Å². The third-order valence-electron chi connectivity index (χ3n) is 19.1. The van der Waals surface area contributed by atoms with Gasteiger partial charge in [-0.3, -0.25) is 0 Å². The Morgan fingerprint density at radius 3 is 0.504 bits per heavy atom. The number of rotatable bonds is 31. The van der Waals surface area contributed by atoms with Crippen molar-refractivity contribution in [3.05, 3.63) is 442 Å². The van der Waals surface area contributed by atoms with Crippen molar-refractivity contribution < 1.29 is 61.7 Å². The molecule has 0 saturated carbocycles. The van der Waals surface area contributed by atoms with Gasteiger partial charge in [-0.25, -0.2) is 0 Å². The second-order valence-electron chi connectivity index (χ2n) is 29.3. The molecule has 18 rings (SSSR count). The Hall–Kier alpha value is -19.0. The van der Waals surface area contributed by atoms with Gasteiger partial charge >= 0.3 is 0 Å². The fourth-order valence-electron chi connectivity index (χ4n) is 12.5. The summed E-state index contributed by atoms with van der Waals surface area (Å²) in [6.07, 6.45) is 0. The Balaban J connectivity index is 0.000000145. The second kappa shape index (κ2) is 43.2. The lowest BCUT2D eigenvalue weighted by Crippen LogP contribution is -2.08. The van der Waals surface area contributed by atoms with E-state index in [2.05, 4.69) is 26.2 Å². The Labute approximate surface area is 766 Å². The van der Waals surface area contributed by atoms with E-state index in [9.17, 15) is 5.21 Å². The molecule has 0 bridgehead atoms. The van der Waals surface area contributed by atoms with Crippen molar-refractivity contribution in [1.29, 1.82) is 0 Å². The second-order valence-corrected chi connectivity index (χ2v) is 29.3. The molecule has 0 atom stereocenters. The number of azo groups is 2. The summed E-state index contributed by atoms with van der Waals surface area (Å²) in [6, 6.07) is 131. The molecule has 25 nitrogen and oxygen atoms in total. The number of hydrogen-bond donors (Lipinski definition) is 8. The van der Waals surface area contributed by atoms with E-state index >= 15 is 0 Å². The van der Waals surface area contributed by atoms with Gasteiger partial charge in [0.25, 0.3) is 0 Å². The van der Waals surface area contributed by atoms with E-state index in [0.29, 0.717) is 200 Å². The first-order valence-electron chi connectivity index (χ1n) is 41.6. The fraction of sp³-hybridized carbons (Fsp3) is 0. The monoisotopic (exact) mass is 1760 g/mol. The third-order valence-corrected chi connectivity index (χ3v) is 19.1. The van der Waals surface area contributed by atoms with Crippen LogP contribution in [0.1, 0.15) is 0 Å². The molecule has 133 heavy (non-hydrogen) atoms. The Morgan fingerprint density at radius 2 is 0.323 bits per heavy atom. The van der Waals surface area contributed by atoms with Crippen LogP contribution in [-0.2, 0) is 0 Å². The lowest BCUT2D eigenvalue weighted by molar-refractivity contribution is -0.435. The molecule has 0 aromatic heterocycles. The molecule has 14 N–H and O–H groups in total. The first-order valence-corrected chi connectivity index (χ1v) is 41.6. The molecule has 0 radical (unpaired) electrons. The van der Waals surface area contributed by atoms with E-state index in [1.165, 1.54) is 0 Å². The zero-order chi connectivity index (χ0) is 91.3. The van der Waals surface area contributed by atoms with Crippen LogP contribution in [0.5, 0.6) is 138 Å². The number of hydrazine groups is 1. The van der Waals surface area contributed by atoms with Crippen LogP contribution >= 0.6 is 0 Å². The highest BCUT2D eigenvalue weighted by Gasteiger charge is 2.14. The number of anilines is 8. The average Bonchev–Trinajstić information content (AvgIpc) is 0.861. The van der Waals surface area contributed by atoms with E-state index in [1.54, 1.807) is 158 Å². The molecule has 0 heterocycles. The summed E-state index contributed by atoms with van der Waals surface area (Å²) in [4.78, 5) is 0.554. The minimum Gasteiger partial charge on any atom is -0.594 e. The summed E-state index contributed by atoms with van der Waals surface area (Å²) in [6.45, 7) is 0. The summed E-state index contributed by atoms with van der Waals surface area (Å²) >= 11 is 0. The van der Waals surface area contributed by atoms with Crippen molar-refractivity contribution in [3.63, 3.8) is 0 Å². The maximum absolute atomic E-state index is 12.7. The van der Waals surface area contributed by atoms with Crippen LogP contribution in [0.25, 0.3) is 0 Å². The van der Waals surface area contributed by atoms with Crippen LogP contribution in [0.4, 0.5) is 68.2 Å². The molecule has 0 aliphatic carbocycles. The standard InChI is InChI=1S/C36H28N4O5.C36H30N4O4.C36H28N4O4/c37-25-7-15-29(16-8-25)42-33-3-1-5-35(23-33)44-31-19-11-27(12-20-31)39-40(41)28-13-21-32(22-14-28)45-36-6-2-4-34(24-36)43-30-17-9-26(38)10-18-30;2*37-25-7-15-29(16-8-25)41-33-3-1-5-35(23-33)43-31-19-11-27(12-20-31)39-40-28-13-21-32(22-14-28)44-36-6-2-4-34(24-36)42-30-17-9-26(38)10-18-30/h1-24H,37-38H2;1-24,39-40H,37-38H2;1-24H,37-38H2. The number of nitrogens with one attached hydrogen (secondary N) is 2. The van der Waals surface area contributed by atoms with Gasteiger partial charge in [0, 0.05) is 87.8 Å². The van der Waals surface area contributed by atoms with Gasteiger partial charge in [0.2, 0.25) is 5.69 Å². The summed E-state index contributed by atoms with van der Waals surface area (Å²) in [5, 5.41) is 25.6. The van der Waals surface area contributed by atoms with Gasteiger partial charge in [0.05, 0.1) is 22.7 Å². The van der Waals surface area contributed by atoms with E-state index in [4.69, 9.17) is 91.2 Å². The maximum atomic E-state index is 12.7. The van der Waals surface area contributed by atoms with Crippen molar-refractivity contribution in [2.24, 2.45) is 15.3 Å². The summed E-state index contributed by atoms with van der Waals surface area (Å²) in [5.74, 6) is 15.7. The predicted molar refractivity (Wildman–Crippen MR) is 520 cm³/mol. The number of hydrogen-bond acceptors (Lipinski definition) is 24. The molecule has 656 valence electrons. The van der Waals surface area contributed by atoms with Crippen LogP contribution in [0.3, 0.4) is 0 Å². The van der Waals surface area contributed by atoms with Gasteiger partial charge < -0.3 is 107 Å². The van der Waals surface area contributed by atoms with Crippen molar-refractivity contribution in [2.45, 2.75) is 0 Å². The lowest BCUT2D eigenvalue weighted by atomic mass is 10.3. The molecular formula is C108H86N12O13. The molecule has 0 unspecified atom stereocenters. The highest BCUT2D eigenvalue weighted by molar-refractivity contribution is 5.58. The van der Waals surface area contributed by atoms with Gasteiger partial charge in [0.1, 0.15) is 144 Å². The highest BCUT2D eigenvalue weighted by Crippen LogP contribution is 2.39. The maximum Gasteiger partial charge on any atom is 0.245 e. The quantitative estimate of drug-likeness (QED) is 0.00866. The minimum absolute atomic E-state index is 0.348. The van der Waals surface area contributed by atoms with Crippen LogP contribution in [0.2, 0.25) is 0 Å². The number of nitrogens with two attached hydrogens (primary N) is 6. The van der Waals surface area contributed by atoms with E-state index < -0.39 is 0 Å². The Morgan fingerprint density at radius 1 is 0.173 bits per heavy atom. The molecule has 0 fully saturated rings. The summed E-state index contributed by atoms with van der Waals surface area (Å²) in [5.41, 5.74) is 48.9.